The lowest BCUT2D eigenvalue weighted by Crippen LogP contribution is -2.35. The van der Waals surface area contributed by atoms with Gasteiger partial charge < -0.3 is 10.4 Å². The molecule has 0 heterocycles. The second-order valence-corrected chi connectivity index (χ2v) is 5.80. The number of carbonyl (C=O) groups is 2. The average molecular weight is 227 g/mol. The number of hydrogen-bond donors (Lipinski definition) is 2. The van der Waals surface area contributed by atoms with E-state index in [9.17, 15) is 9.59 Å². The van der Waals surface area contributed by atoms with E-state index in [1.54, 1.807) is 0 Å². The van der Waals surface area contributed by atoms with Crippen LogP contribution in [-0.4, -0.2) is 23.5 Å². The molecule has 16 heavy (non-hydrogen) atoms. The number of carbonyl (C=O) groups excluding carboxylic acids is 1. The van der Waals surface area contributed by atoms with Crippen LogP contribution in [0.2, 0.25) is 0 Å². The summed E-state index contributed by atoms with van der Waals surface area (Å²) in [5.74, 6) is -2.02. The number of rotatable bonds is 4. The highest BCUT2D eigenvalue weighted by atomic mass is 16.4. The Bertz CT molecular complexity index is 306. The third-order valence-corrected chi connectivity index (χ3v) is 4.56. The number of amides is 1. The topological polar surface area (TPSA) is 66.4 Å². The van der Waals surface area contributed by atoms with Crippen molar-refractivity contribution in [2.24, 2.45) is 22.7 Å². The highest BCUT2D eigenvalue weighted by molar-refractivity contribution is 5.96. The Morgan fingerprint density at radius 2 is 1.69 bits per heavy atom. The van der Waals surface area contributed by atoms with Crippen LogP contribution in [0.25, 0.3) is 0 Å². The summed E-state index contributed by atoms with van der Waals surface area (Å²) in [7, 11) is 0. The van der Waals surface area contributed by atoms with Gasteiger partial charge in [0.25, 0.3) is 0 Å². The minimum absolute atomic E-state index is 0.215. The zero-order chi connectivity index (χ0) is 12.7. The lowest BCUT2D eigenvalue weighted by molar-refractivity contribution is -0.146. The van der Waals surface area contributed by atoms with Crippen molar-refractivity contribution in [3.05, 3.63) is 0 Å². The quantitative estimate of drug-likeness (QED) is 0.715. The van der Waals surface area contributed by atoms with Crippen molar-refractivity contribution >= 4 is 11.9 Å². The molecule has 4 heteroatoms. The van der Waals surface area contributed by atoms with Gasteiger partial charge in [-0.15, -0.1) is 0 Å². The summed E-state index contributed by atoms with van der Waals surface area (Å²) in [5, 5.41) is 11.4. The van der Waals surface area contributed by atoms with Gasteiger partial charge >= 0.3 is 5.97 Å². The van der Waals surface area contributed by atoms with Crippen LogP contribution in [0.1, 0.15) is 34.6 Å². The van der Waals surface area contributed by atoms with Gasteiger partial charge in [0.15, 0.2) is 0 Å². The molecule has 1 aliphatic rings. The summed E-state index contributed by atoms with van der Waals surface area (Å²) >= 11 is 0. The molecule has 92 valence electrons. The van der Waals surface area contributed by atoms with Crippen molar-refractivity contribution in [1.82, 2.24) is 5.32 Å². The number of carboxylic acids is 1. The molecule has 0 aromatic carbocycles. The van der Waals surface area contributed by atoms with E-state index in [4.69, 9.17) is 5.11 Å². The summed E-state index contributed by atoms with van der Waals surface area (Å²) in [4.78, 5) is 22.0. The first-order valence-electron chi connectivity index (χ1n) is 5.63. The maximum atomic E-state index is 11.4. The van der Waals surface area contributed by atoms with Crippen molar-refractivity contribution in [2.75, 3.05) is 6.54 Å². The molecule has 0 saturated heterocycles. The van der Waals surface area contributed by atoms with Crippen molar-refractivity contribution in [3.8, 4) is 0 Å². The normalized spacial score (nSPS) is 23.6. The van der Waals surface area contributed by atoms with Crippen LogP contribution in [0.5, 0.6) is 0 Å². The minimum Gasteiger partial charge on any atom is -0.481 e. The van der Waals surface area contributed by atoms with Crippen LogP contribution in [0.3, 0.4) is 0 Å². The van der Waals surface area contributed by atoms with Crippen LogP contribution in [-0.2, 0) is 9.59 Å². The predicted octanol–water partition coefficient (Wildman–Crippen LogP) is 1.51. The first-order chi connectivity index (χ1) is 7.12. The maximum absolute atomic E-state index is 11.4. The monoisotopic (exact) mass is 227 g/mol. The SMILES string of the molecule is CC(C(=O)O)C(=O)NCC1C(C)(C)C1(C)C. The van der Waals surface area contributed by atoms with Gasteiger partial charge in [0, 0.05) is 6.54 Å². The van der Waals surface area contributed by atoms with E-state index >= 15 is 0 Å². The van der Waals surface area contributed by atoms with Gasteiger partial charge in [0.1, 0.15) is 5.92 Å². The molecule has 1 amide bonds. The van der Waals surface area contributed by atoms with Gasteiger partial charge in [-0.05, 0) is 23.7 Å². The molecule has 1 aliphatic carbocycles. The van der Waals surface area contributed by atoms with E-state index in [1.807, 2.05) is 0 Å². The molecule has 0 aromatic heterocycles. The summed E-state index contributed by atoms with van der Waals surface area (Å²) in [6.45, 7) is 10.7. The van der Waals surface area contributed by atoms with Gasteiger partial charge in [-0.2, -0.15) is 0 Å². The third-order valence-electron chi connectivity index (χ3n) is 4.56. The Morgan fingerprint density at radius 1 is 1.25 bits per heavy atom. The van der Waals surface area contributed by atoms with E-state index in [2.05, 4.69) is 33.0 Å². The maximum Gasteiger partial charge on any atom is 0.315 e. The van der Waals surface area contributed by atoms with Crippen molar-refractivity contribution in [3.63, 3.8) is 0 Å². The van der Waals surface area contributed by atoms with E-state index in [0.717, 1.165) is 0 Å². The van der Waals surface area contributed by atoms with Crippen LogP contribution >= 0.6 is 0 Å². The predicted molar refractivity (Wildman–Crippen MR) is 60.9 cm³/mol. The van der Waals surface area contributed by atoms with Crippen LogP contribution in [0.15, 0.2) is 0 Å². The van der Waals surface area contributed by atoms with Crippen LogP contribution in [0, 0.1) is 22.7 Å². The van der Waals surface area contributed by atoms with E-state index in [-0.39, 0.29) is 10.8 Å². The molecule has 1 unspecified atom stereocenters. The van der Waals surface area contributed by atoms with E-state index < -0.39 is 17.8 Å². The zero-order valence-electron chi connectivity index (χ0n) is 10.6. The second-order valence-electron chi connectivity index (χ2n) is 5.80. The first kappa shape index (κ1) is 13.0. The minimum atomic E-state index is -1.08. The van der Waals surface area contributed by atoms with Crippen molar-refractivity contribution in [2.45, 2.75) is 34.6 Å². The van der Waals surface area contributed by atoms with Gasteiger partial charge in [0.2, 0.25) is 5.91 Å². The van der Waals surface area contributed by atoms with Gasteiger partial charge in [0.05, 0.1) is 0 Å². The van der Waals surface area contributed by atoms with E-state index in [1.165, 1.54) is 6.92 Å². The molecular weight excluding hydrogens is 206 g/mol. The van der Waals surface area contributed by atoms with Crippen LogP contribution < -0.4 is 5.32 Å². The zero-order valence-corrected chi connectivity index (χ0v) is 10.6. The first-order valence-corrected chi connectivity index (χ1v) is 5.63. The highest BCUT2D eigenvalue weighted by Crippen LogP contribution is 2.67. The van der Waals surface area contributed by atoms with Gasteiger partial charge in [-0.1, -0.05) is 27.7 Å². The molecule has 0 bridgehead atoms. The summed E-state index contributed by atoms with van der Waals surface area (Å²) < 4.78 is 0. The summed E-state index contributed by atoms with van der Waals surface area (Å²) in [6.07, 6.45) is 0. The molecule has 1 saturated carbocycles. The Morgan fingerprint density at radius 3 is 2.00 bits per heavy atom. The molecule has 1 atom stereocenters. The highest BCUT2D eigenvalue weighted by Gasteiger charge is 2.64. The Balaban J connectivity index is 2.44. The van der Waals surface area contributed by atoms with Crippen LogP contribution in [0.4, 0.5) is 0 Å². The molecule has 0 aliphatic heterocycles. The molecule has 1 rings (SSSR count). The Labute approximate surface area is 96.4 Å². The van der Waals surface area contributed by atoms with Gasteiger partial charge in [-0.25, -0.2) is 0 Å². The Hall–Kier alpha value is -1.06. The number of carboxylic acid groups (broad SMARTS) is 1. The second kappa shape index (κ2) is 3.75. The molecule has 1 fully saturated rings. The fourth-order valence-electron chi connectivity index (χ4n) is 2.31. The fraction of sp³-hybridized carbons (Fsp3) is 0.833. The van der Waals surface area contributed by atoms with Gasteiger partial charge in [-0.3, -0.25) is 9.59 Å². The standard InChI is InChI=1S/C12H21NO3/c1-7(10(15)16)9(14)13-6-8-11(2,3)12(8,4)5/h7-8H,6H2,1-5H3,(H,13,14)(H,15,16). The third kappa shape index (κ3) is 1.93. The summed E-state index contributed by atoms with van der Waals surface area (Å²) in [6, 6.07) is 0. The lowest BCUT2D eigenvalue weighted by Gasteiger charge is -2.09. The molecule has 2 N–H and O–H groups in total. The number of aliphatic carboxylic acids is 1. The molecule has 0 aromatic rings. The molecule has 0 radical (unpaired) electrons. The lowest BCUT2D eigenvalue weighted by atomic mass is 10.0. The largest absolute Gasteiger partial charge is 0.481 e. The average Bonchev–Trinajstić information content (AvgIpc) is 2.53. The van der Waals surface area contributed by atoms with Crippen molar-refractivity contribution in [1.29, 1.82) is 0 Å². The summed E-state index contributed by atoms with van der Waals surface area (Å²) in [5.41, 5.74) is 0.430. The molecular formula is C12H21NO3. The fourth-order valence-corrected chi connectivity index (χ4v) is 2.31. The Kier molecular flexibility index (Phi) is 3.05. The number of hydrogen-bond acceptors (Lipinski definition) is 2. The van der Waals surface area contributed by atoms with E-state index in [0.29, 0.717) is 12.5 Å². The smallest absolute Gasteiger partial charge is 0.315 e. The molecule has 0 spiro atoms. The molecule has 4 nitrogen and oxygen atoms in total. The number of nitrogens with one attached hydrogen (secondary N) is 1. The van der Waals surface area contributed by atoms with Crippen molar-refractivity contribution < 1.29 is 14.7 Å².